The van der Waals surface area contributed by atoms with Crippen LogP contribution in [0.4, 0.5) is 5.69 Å². The summed E-state index contributed by atoms with van der Waals surface area (Å²) in [7, 11) is -1.59. The topological polar surface area (TPSA) is 76.9 Å². The number of aryl methyl sites for hydroxylation is 1. The van der Waals surface area contributed by atoms with Crippen LogP contribution in [0.15, 0.2) is 40.9 Å². The first-order chi connectivity index (χ1) is 12.0. The van der Waals surface area contributed by atoms with Crippen LogP contribution in [0.1, 0.15) is 17.7 Å². The van der Waals surface area contributed by atoms with Crippen LogP contribution < -0.4 is 5.32 Å². The van der Waals surface area contributed by atoms with Crippen LogP contribution in [-0.4, -0.2) is 29.7 Å². The normalized spacial score (nSPS) is 14.1. The quantitative estimate of drug-likeness (QED) is 0.760. The van der Waals surface area contributed by atoms with Gasteiger partial charge in [-0.05, 0) is 30.5 Å². The molecule has 1 aliphatic heterocycles. The van der Waals surface area contributed by atoms with Crippen molar-refractivity contribution in [3.8, 4) is 10.6 Å². The first-order valence-electron chi connectivity index (χ1n) is 8.05. The lowest BCUT2D eigenvalue weighted by atomic mass is 10.0. The lowest BCUT2D eigenvalue weighted by Gasteiger charge is -2.20. The fourth-order valence-electron chi connectivity index (χ4n) is 3.08. The van der Waals surface area contributed by atoms with Crippen molar-refractivity contribution in [2.24, 2.45) is 7.05 Å². The number of hydrogen-bond acceptors (Lipinski definition) is 6. The molecule has 130 valence electrons. The molecule has 0 amide bonds. The zero-order chi connectivity index (χ0) is 17.4. The Morgan fingerprint density at radius 2 is 2.24 bits per heavy atom. The summed E-state index contributed by atoms with van der Waals surface area (Å²) in [6.45, 7) is 0.886. The molecule has 1 aromatic carbocycles. The summed E-state index contributed by atoms with van der Waals surface area (Å²) >= 11 is 1.44. The van der Waals surface area contributed by atoms with E-state index in [1.807, 2.05) is 24.7 Å². The zero-order valence-corrected chi connectivity index (χ0v) is 15.4. The predicted molar refractivity (Wildman–Crippen MR) is 98.5 cm³/mol. The number of aromatic nitrogens is 3. The molecule has 3 aromatic rings. The van der Waals surface area contributed by atoms with Crippen LogP contribution in [0, 0.1) is 0 Å². The second kappa shape index (κ2) is 6.27. The van der Waals surface area contributed by atoms with Crippen LogP contribution in [0.25, 0.3) is 10.6 Å². The molecule has 1 aliphatic rings. The average Bonchev–Trinajstić information content (AvgIpc) is 3.23. The number of rotatable bonds is 4. The summed E-state index contributed by atoms with van der Waals surface area (Å²) in [4.78, 5) is 4.91. The summed E-state index contributed by atoms with van der Waals surface area (Å²) in [5.41, 5.74) is 3.31. The monoisotopic (exact) mass is 374 g/mol. The van der Waals surface area contributed by atoms with Crippen molar-refractivity contribution in [1.29, 1.82) is 0 Å². The fourth-order valence-corrected chi connectivity index (χ4v) is 5.55. The SMILES string of the molecule is Cn1cc(-c2nc(CS(=O)(=O)c3cccc4c3CCCN4)cs2)cn1. The zero-order valence-electron chi connectivity index (χ0n) is 13.8. The van der Waals surface area contributed by atoms with Gasteiger partial charge < -0.3 is 5.32 Å². The van der Waals surface area contributed by atoms with Crippen molar-refractivity contribution in [2.45, 2.75) is 23.5 Å². The lowest BCUT2D eigenvalue weighted by Crippen LogP contribution is -2.16. The maximum Gasteiger partial charge on any atom is 0.184 e. The number of anilines is 1. The molecular weight excluding hydrogens is 356 g/mol. The maximum atomic E-state index is 12.9. The first-order valence-corrected chi connectivity index (χ1v) is 10.6. The third-order valence-corrected chi connectivity index (χ3v) is 6.90. The molecule has 0 spiro atoms. The Morgan fingerprint density at radius 3 is 3.04 bits per heavy atom. The van der Waals surface area contributed by atoms with Gasteiger partial charge in [0.2, 0.25) is 0 Å². The van der Waals surface area contributed by atoms with E-state index in [1.54, 1.807) is 23.0 Å². The highest BCUT2D eigenvalue weighted by molar-refractivity contribution is 7.90. The van der Waals surface area contributed by atoms with Gasteiger partial charge in [0, 0.05) is 36.4 Å². The second-order valence-corrected chi connectivity index (χ2v) is 8.93. The standard InChI is InChI=1S/C17H18N4O2S2/c1-21-9-12(8-19-21)17-20-13(10-24-17)11-25(22,23)16-6-2-5-15-14(16)4-3-7-18-15/h2,5-6,8-10,18H,3-4,7,11H2,1H3. The van der Waals surface area contributed by atoms with Gasteiger partial charge >= 0.3 is 0 Å². The summed E-state index contributed by atoms with van der Waals surface area (Å²) < 4.78 is 27.6. The number of fused-ring (bicyclic) bond motifs is 1. The van der Waals surface area contributed by atoms with Gasteiger partial charge in [0.15, 0.2) is 9.84 Å². The molecule has 0 radical (unpaired) electrons. The van der Waals surface area contributed by atoms with Gasteiger partial charge in [-0.1, -0.05) is 6.07 Å². The highest BCUT2D eigenvalue weighted by Gasteiger charge is 2.24. The molecule has 3 heterocycles. The van der Waals surface area contributed by atoms with E-state index >= 15 is 0 Å². The Morgan fingerprint density at radius 1 is 1.36 bits per heavy atom. The number of benzene rings is 1. The van der Waals surface area contributed by atoms with Gasteiger partial charge in [0.05, 0.1) is 22.5 Å². The number of thiazole rings is 1. The Hall–Kier alpha value is -2.19. The minimum absolute atomic E-state index is 0.0831. The van der Waals surface area contributed by atoms with E-state index in [1.165, 1.54) is 11.3 Å². The lowest BCUT2D eigenvalue weighted by molar-refractivity contribution is 0.593. The molecule has 2 aromatic heterocycles. The van der Waals surface area contributed by atoms with Crippen molar-refractivity contribution < 1.29 is 8.42 Å². The largest absolute Gasteiger partial charge is 0.385 e. The highest BCUT2D eigenvalue weighted by Crippen LogP contribution is 2.31. The summed E-state index contributed by atoms with van der Waals surface area (Å²) in [5.74, 6) is -0.0831. The highest BCUT2D eigenvalue weighted by atomic mass is 32.2. The summed E-state index contributed by atoms with van der Waals surface area (Å²) in [6.07, 6.45) is 5.34. The first kappa shape index (κ1) is 16.3. The minimum Gasteiger partial charge on any atom is -0.385 e. The van der Waals surface area contributed by atoms with Gasteiger partial charge in [-0.15, -0.1) is 11.3 Å². The molecule has 1 N–H and O–H groups in total. The van der Waals surface area contributed by atoms with Crippen LogP contribution >= 0.6 is 11.3 Å². The van der Waals surface area contributed by atoms with E-state index in [2.05, 4.69) is 15.4 Å². The van der Waals surface area contributed by atoms with Crippen LogP contribution in [0.3, 0.4) is 0 Å². The molecule has 0 fully saturated rings. The molecule has 25 heavy (non-hydrogen) atoms. The van der Waals surface area contributed by atoms with Gasteiger partial charge in [-0.25, -0.2) is 13.4 Å². The molecule has 0 aliphatic carbocycles. The van der Waals surface area contributed by atoms with E-state index < -0.39 is 9.84 Å². The molecule has 6 nitrogen and oxygen atoms in total. The minimum atomic E-state index is -3.44. The smallest absolute Gasteiger partial charge is 0.184 e. The molecule has 4 rings (SSSR count). The third-order valence-electron chi connectivity index (χ3n) is 4.23. The van der Waals surface area contributed by atoms with Crippen molar-refractivity contribution in [2.75, 3.05) is 11.9 Å². The molecule has 0 atom stereocenters. The maximum absolute atomic E-state index is 12.9. The van der Waals surface area contributed by atoms with E-state index in [0.29, 0.717) is 10.6 Å². The van der Waals surface area contributed by atoms with Crippen LogP contribution in [0.5, 0.6) is 0 Å². The van der Waals surface area contributed by atoms with Crippen molar-refractivity contribution in [3.63, 3.8) is 0 Å². The summed E-state index contributed by atoms with van der Waals surface area (Å²) in [5, 5.41) is 10.0. The van der Waals surface area contributed by atoms with Gasteiger partial charge in [0.25, 0.3) is 0 Å². The van der Waals surface area contributed by atoms with E-state index in [-0.39, 0.29) is 5.75 Å². The Kier molecular flexibility index (Phi) is 4.09. The molecule has 8 heteroatoms. The number of nitrogens with one attached hydrogen (secondary N) is 1. The van der Waals surface area contributed by atoms with E-state index in [9.17, 15) is 8.42 Å². The van der Waals surface area contributed by atoms with Gasteiger partial charge in [-0.3, -0.25) is 4.68 Å². The van der Waals surface area contributed by atoms with Gasteiger partial charge in [0.1, 0.15) is 5.01 Å². The Balaban J connectivity index is 1.63. The molecular formula is C17H18N4O2S2. The van der Waals surface area contributed by atoms with Crippen molar-refractivity contribution in [1.82, 2.24) is 14.8 Å². The molecule has 0 saturated heterocycles. The van der Waals surface area contributed by atoms with Crippen molar-refractivity contribution >= 4 is 26.9 Å². The molecule has 0 bridgehead atoms. The predicted octanol–water partition coefficient (Wildman–Crippen LogP) is 2.88. The van der Waals surface area contributed by atoms with Crippen molar-refractivity contribution in [3.05, 3.63) is 47.2 Å². The summed E-state index contributed by atoms with van der Waals surface area (Å²) in [6, 6.07) is 5.44. The average molecular weight is 374 g/mol. The van der Waals surface area contributed by atoms with Gasteiger partial charge in [-0.2, -0.15) is 5.10 Å². The molecule has 0 unspecified atom stereocenters. The number of hydrogen-bond donors (Lipinski definition) is 1. The Labute approximate surface area is 150 Å². The fraction of sp³-hybridized carbons (Fsp3) is 0.294. The van der Waals surface area contributed by atoms with E-state index in [4.69, 9.17) is 0 Å². The van der Waals surface area contributed by atoms with Crippen LogP contribution in [-0.2, 0) is 29.1 Å². The van der Waals surface area contributed by atoms with Crippen LogP contribution in [0.2, 0.25) is 0 Å². The second-order valence-electron chi connectivity index (χ2n) is 6.12. The molecule has 0 saturated carbocycles. The van der Waals surface area contributed by atoms with E-state index in [0.717, 1.165) is 41.2 Å². The third kappa shape index (κ3) is 3.19. The Bertz CT molecular complexity index is 1020. The number of sulfone groups is 1. The number of nitrogens with zero attached hydrogens (tertiary/aromatic N) is 3.